The Balaban J connectivity index is 1.77. The molecule has 2 heterocycles. The highest BCUT2D eigenvalue weighted by molar-refractivity contribution is 6.01. The summed E-state index contributed by atoms with van der Waals surface area (Å²) >= 11 is 0. The first-order valence-electron chi connectivity index (χ1n) is 6.58. The van der Waals surface area contributed by atoms with E-state index >= 15 is 0 Å². The van der Waals surface area contributed by atoms with Crippen molar-refractivity contribution in [2.75, 3.05) is 19.5 Å². The average Bonchev–Trinajstić information content (AvgIpc) is 2.93. The van der Waals surface area contributed by atoms with Crippen LogP contribution in [0.4, 0.5) is 22.7 Å². The highest BCUT2D eigenvalue weighted by Crippen LogP contribution is 2.48. The van der Waals surface area contributed by atoms with Gasteiger partial charge < -0.3 is 14.8 Å². The number of aromatic amines is 1. The van der Waals surface area contributed by atoms with Crippen LogP contribution in [0, 0.1) is 0 Å². The van der Waals surface area contributed by atoms with Crippen molar-refractivity contribution in [2.24, 2.45) is 10.2 Å². The Morgan fingerprint density at radius 1 is 0.955 bits per heavy atom. The molecule has 0 amide bonds. The first kappa shape index (κ1) is 12.6. The van der Waals surface area contributed by atoms with E-state index in [1.54, 1.807) is 14.2 Å². The van der Waals surface area contributed by atoms with Crippen LogP contribution in [-0.2, 0) is 0 Å². The predicted octanol–water partition coefficient (Wildman–Crippen LogP) is 3.45. The van der Waals surface area contributed by atoms with E-state index in [0.29, 0.717) is 11.5 Å². The summed E-state index contributed by atoms with van der Waals surface area (Å²) < 4.78 is 10.5. The molecule has 0 saturated heterocycles. The molecule has 8 nitrogen and oxygen atoms in total. The monoisotopic (exact) mass is 296 g/mol. The molecule has 1 aromatic heterocycles. The third kappa shape index (κ3) is 1.85. The van der Waals surface area contributed by atoms with Crippen molar-refractivity contribution in [3.05, 3.63) is 24.3 Å². The van der Waals surface area contributed by atoms with Crippen LogP contribution in [0.2, 0.25) is 0 Å². The normalized spacial score (nSPS) is 11.9. The number of ether oxygens (including phenoxy) is 2. The fourth-order valence-electron chi connectivity index (χ4n) is 2.35. The highest BCUT2D eigenvalue weighted by Gasteiger charge is 2.21. The van der Waals surface area contributed by atoms with Gasteiger partial charge in [0.2, 0.25) is 0 Å². The third-order valence-corrected chi connectivity index (χ3v) is 3.45. The number of benzene rings is 2. The van der Waals surface area contributed by atoms with Crippen molar-refractivity contribution in [2.45, 2.75) is 0 Å². The van der Waals surface area contributed by atoms with E-state index in [9.17, 15) is 0 Å². The Labute approximate surface area is 125 Å². The SMILES string of the molecule is COc1cc(Nc2cc3[nH]nnc3c3c2N=N3)cc(OC)c1. The second kappa shape index (κ2) is 4.69. The Kier molecular flexibility index (Phi) is 2.68. The summed E-state index contributed by atoms with van der Waals surface area (Å²) in [6, 6.07) is 7.46. The Morgan fingerprint density at radius 2 is 1.68 bits per heavy atom. The van der Waals surface area contributed by atoms with Crippen LogP contribution in [0.15, 0.2) is 34.5 Å². The summed E-state index contributed by atoms with van der Waals surface area (Å²) in [5.74, 6) is 1.40. The van der Waals surface area contributed by atoms with E-state index in [1.807, 2.05) is 24.3 Å². The molecule has 22 heavy (non-hydrogen) atoms. The van der Waals surface area contributed by atoms with Gasteiger partial charge in [-0.3, -0.25) is 5.10 Å². The molecule has 0 saturated carbocycles. The number of azo groups is 1. The lowest BCUT2D eigenvalue weighted by molar-refractivity contribution is 0.395. The average molecular weight is 296 g/mol. The van der Waals surface area contributed by atoms with Crippen molar-refractivity contribution < 1.29 is 9.47 Å². The molecule has 1 aliphatic heterocycles. The smallest absolute Gasteiger partial charge is 0.145 e. The fourth-order valence-corrected chi connectivity index (χ4v) is 2.35. The molecule has 4 rings (SSSR count). The molecular weight excluding hydrogens is 284 g/mol. The highest BCUT2D eigenvalue weighted by atomic mass is 16.5. The molecule has 0 bridgehead atoms. The zero-order chi connectivity index (χ0) is 15.1. The van der Waals surface area contributed by atoms with Crippen LogP contribution >= 0.6 is 0 Å². The number of hydrogen-bond donors (Lipinski definition) is 2. The topological polar surface area (TPSA) is 96.8 Å². The van der Waals surface area contributed by atoms with Gasteiger partial charge in [-0.1, -0.05) is 5.21 Å². The van der Waals surface area contributed by atoms with Crippen LogP contribution < -0.4 is 14.8 Å². The lowest BCUT2D eigenvalue weighted by Crippen LogP contribution is -1.96. The number of nitrogens with one attached hydrogen (secondary N) is 2. The number of nitrogens with zero attached hydrogens (tertiary/aromatic N) is 4. The van der Waals surface area contributed by atoms with E-state index in [-0.39, 0.29) is 0 Å². The van der Waals surface area contributed by atoms with Crippen LogP contribution in [0.25, 0.3) is 11.0 Å². The maximum atomic E-state index is 5.27. The van der Waals surface area contributed by atoms with Crippen molar-refractivity contribution >= 4 is 33.8 Å². The van der Waals surface area contributed by atoms with Gasteiger partial charge in [0.15, 0.2) is 0 Å². The Hall–Kier alpha value is -3.16. The summed E-state index contributed by atoms with van der Waals surface area (Å²) in [5, 5.41) is 22.0. The molecule has 8 heteroatoms. The molecule has 3 aromatic rings. The molecule has 2 aromatic carbocycles. The second-order valence-electron chi connectivity index (χ2n) is 4.76. The molecule has 0 spiro atoms. The fraction of sp³-hybridized carbons (Fsp3) is 0.143. The van der Waals surface area contributed by atoms with Gasteiger partial charge in [-0.15, -0.1) is 15.3 Å². The summed E-state index contributed by atoms with van der Waals surface area (Å²) in [6.45, 7) is 0. The standard InChI is InChI=1S/C14H12N6O2/c1-21-8-3-7(4-9(5-8)22-2)15-10-6-11-13(19-20-16-11)14-12(10)17-18-14/h3-6,15H,1-2H3,(H,16,19,20). The second-order valence-corrected chi connectivity index (χ2v) is 4.76. The van der Waals surface area contributed by atoms with Crippen LogP contribution in [0.1, 0.15) is 0 Å². The first-order valence-corrected chi connectivity index (χ1v) is 6.58. The predicted molar refractivity (Wildman–Crippen MR) is 80.9 cm³/mol. The van der Waals surface area contributed by atoms with E-state index in [0.717, 1.165) is 33.8 Å². The Bertz CT molecular complexity index is 879. The third-order valence-electron chi connectivity index (χ3n) is 3.45. The molecular formula is C14H12N6O2. The number of H-pyrrole nitrogens is 1. The molecule has 0 atom stereocenters. The van der Waals surface area contributed by atoms with Gasteiger partial charge in [0.25, 0.3) is 0 Å². The van der Waals surface area contributed by atoms with Gasteiger partial charge >= 0.3 is 0 Å². The Morgan fingerprint density at radius 3 is 2.32 bits per heavy atom. The van der Waals surface area contributed by atoms with Crippen molar-refractivity contribution in [3.63, 3.8) is 0 Å². The summed E-state index contributed by atoms with van der Waals surface area (Å²) in [6.07, 6.45) is 0. The maximum Gasteiger partial charge on any atom is 0.145 e. The number of methoxy groups -OCH3 is 2. The largest absolute Gasteiger partial charge is 0.497 e. The number of aromatic nitrogens is 3. The zero-order valence-corrected chi connectivity index (χ0v) is 11.9. The summed E-state index contributed by atoms with van der Waals surface area (Å²) in [7, 11) is 3.23. The van der Waals surface area contributed by atoms with Gasteiger partial charge in [-0.25, -0.2) is 0 Å². The lowest BCUT2D eigenvalue weighted by Gasteiger charge is -2.16. The number of fused-ring (bicyclic) bond motifs is 3. The van der Waals surface area contributed by atoms with Crippen LogP contribution in [-0.4, -0.2) is 29.6 Å². The lowest BCUT2D eigenvalue weighted by atomic mass is 10.1. The van der Waals surface area contributed by atoms with Crippen LogP contribution in [0.5, 0.6) is 11.5 Å². The zero-order valence-electron chi connectivity index (χ0n) is 11.9. The maximum absolute atomic E-state index is 5.27. The van der Waals surface area contributed by atoms with Crippen LogP contribution in [0.3, 0.4) is 0 Å². The van der Waals surface area contributed by atoms with Crippen molar-refractivity contribution in [1.29, 1.82) is 0 Å². The molecule has 0 aliphatic carbocycles. The van der Waals surface area contributed by atoms with Gasteiger partial charge in [-0.05, 0) is 6.07 Å². The van der Waals surface area contributed by atoms with E-state index < -0.39 is 0 Å². The molecule has 1 aliphatic rings. The quantitative estimate of drug-likeness (QED) is 0.601. The molecule has 110 valence electrons. The van der Waals surface area contributed by atoms with E-state index in [4.69, 9.17) is 9.47 Å². The van der Waals surface area contributed by atoms with Crippen molar-refractivity contribution in [3.8, 4) is 11.5 Å². The molecule has 0 fully saturated rings. The number of anilines is 2. The van der Waals surface area contributed by atoms with E-state index in [1.165, 1.54) is 0 Å². The summed E-state index contributed by atoms with van der Waals surface area (Å²) in [5.41, 5.74) is 4.67. The number of rotatable bonds is 4. The molecule has 2 N–H and O–H groups in total. The van der Waals surface area contributed by atoms with Gasteiger partial charge in [0, 0.05) is 23.9 Å². The number of hydrogen-bond acceptors (Lipinski definition) is 7. The molecule has 0 radical (unpaired) electrons. The minimum absolute atomic E-state index is 0.701. The van der Waals surface area contributed by atoms with Gasteiger partial charge in [-0.2, -0.15) is 0 Å². The van der Waals surface area contributed by atoms with Gasteiger partial charge in [0.05, 0.1) is 25.4 Å². The van der Waals surface area contributed by atoms with E-state index in [2.05, 4.69) is 31.0 Å². The first-order chi connectivity index (χ1) is 10.8. The molecule has 0 unspecified atom stereocenters. The van der Waals surface area contributed by atoms with Crippen molar-refractivity contribution in [1.82, 2.24) is 15.4 Å². The summed E-state index contributed by atoms with van der Waals surface area (Å²) in [4.78, 5) is 0. The van der Waals surface area contributed by atoms with Gasteiger partial charge in [0.1, 0.15) is 28.4 Å². The minimum atomic E-state index is 0.701. The minimum Gasteiger partial charge on any atom is -0.497 e.